The Morgan fingerprint density at radius 2 is 1.97 bits per heavy atom. The molecule has 1 aliphatic carbocycles. The lowest BCUT2D eigenvalue weighted by atomic mass is 9.78. The number of carbonyl (C=O) groups is 2. The molecule has 1 heterocycles. The Balaban J connectivity index is 1.80. The summed E-state index contributed by atoms with van der Waals surface area (Å²) in [7, 11) is 0. The molecule has 0 aliphatic heterocycles. The minimum Gasteiger partial charge on any atom is -0.460 e. The zero-order valence-electron chi connectivity index (χ0n) is 17.8. The lowest BCUT2D eigenvalue weighted by Crippen LogP contribution is -2.34. The monoisotopic (exact) mass is 427 g/mol. The Morgan fingerprint density at radius 3 is 2.55 bits per heavy atom. The third kappa shape index (κ3) is 5.40. The molecular formula is C22H26FN5O3. The zero-order chi connectivity index (χ0) is 22.8. The number of nitrogens with two attached hydrogens (primary N) is 1. The molecule has 0 unspecified atom stereocenters. The van der Waals surface area contributed by atoms with Crippen molar-refractivity contribution in [3.63, 3.8) is 0 Å². The number of benzene rings is 1. The van der Waals surface area contributed by atoms with Gasteiger partial charge in [-0.2, -0.15) is 10.4 Å². The molecule has 3 rings (SSSR count). The molecule has 0 saturated heterocycles. The number of aromatic nitrogens is 2. The van der Waals surface area contributed by atoms with Gasteiger partial charge in [-0.25, -0.2) is 4.39 Å². The molecule has 164 valence electrons. The van der Waals surface area contributed by atoms with Crippen LogP contribution in [0.5, 0.6) is 0 Å². The molecule has 1 saturated carbocycles. The van der Waals surface area contributed by atoms with E-state index in [0.717, 1.165) is 0 Å². The van der Waals surface area contributed by atoms with Crippen LogP contribution in [0.1, 0.15) is 56.4 Å². The van der Waals surface area contributed by atoms with Crippen LogP contribution in [0.3, 0.4) is 0 Å². The van der Waals surface area contributed by atoms with E-state index in [2.05, 4.69) is 16.5 Å². The van der Waals surface area contributed by atoms with Crippen molar-refractivity contribution in [3.05, 3.63) is 41.8 Å². The molecule has 0 spiro atoms. The first-order valence-corrected chi connectivity index (χ1v) is 10.1. The molecule has 9 heteroatoms. The fourth-order valence-electron chi connectivity index (χ4n) is 3.71. The third-order valence-corrected chi connectivity index (χ3v) is 5.16. The second-order valence-electron chi connectivity index (χ2n) is 8.71. The smallest absolute Gasteiger partial charge is 0.309 e. The molecule has 1 aromatic heterocycles. The number of nitrogens with zero attached hydrogens (tertiary/aromatic N) is 3. The highest BCUT2D eigenvalue weighted by Crippen LogP contribution is 2.38. The Hall–Kier alpha value is -3.41. The molecule has 1 amide bonds. The SMILES string of the molecule is CC(C)(C)OC(=O)[C@H]1CC[C@H](n2cc(C(N)=O)c(Nc3ccc(F)cc3)n2)[C@@H](C#N)C1. The third-order valence-electron chi connectivity index (χ3n) is 5.16. The van der Waals surface area contributed by atoms with E-state index < -0.39 is 17.4 Å². The Labute approximate surface area is 180 Å². The van der Waals surface area contributed by atoms with Crippen molar-refractivity contribution in [2.45, 2.75) is 51.7 Å². The van der Waals surface area contributed by atoms with Crippen molar-refractivity contribution in [1.29, 1.82) is 5.26 Å². The first kappa shape index (κ1) is 22.3. The van der Waals surface area contributed by atoms with Gasteiger partial charge in [-0.3, -0.25) is 14.3 Å². The summed E-state index contributed by atoms with van der Waals surface area (Å²) in [5.74, 6) is -1.97. The molecule has 31 heavy (non-hydrogen) atoms. The van der Waals surface area contributed by atoms with Gasteiger partial charge in [0.05, 0.1) is 23.9 Å². The van der Waals surface area contributed by atoms with Crippen molar-refractivity contribution in [1.82, 2.24) is 9.78 Å². The number of nitriles is 1. The van der Waals surface area contributed by atoms with Gasteiger partial charge in [0, 0.05) is 11.9 Å². The number of rotatable bonds is 5. The van der Waals surface area contributed by atoms with Crippen molar-refractivity contribution in [2.24, 2.45) is 17.6 Å². The summed E-state index contributed by atoms with van der Waals surface area (Å²) in [6.07, 6.45) is 2.93. The first-order valence-electron chi connectivity index (χ1n) is 10.1. The van der Waals surface area contributed by atoms with Crippen LogP contribution in [-0.2, 0) is 9.53 Å². The fraction of sp³-hybridized carbons (Fsp3) is 0.455. The van der Waals surface area contributed by atoms with Crippen molar-refractivity contribution < 1.29 is 18.7 Å². The van der Waals surface area contributed by atoms with Crippen LogP contribution in [-0.4, -0.2) is 27.3 Å². The first-order chi connectivity index (χ1) is 14.6. The van der Waals surface area contributed by atoms with Crippen LogP contribution in [0.15, 0.2) is 30.5 Å². The number of hydrogen-bond acceptors (Lipinski definition) is 6. The van der Waals surface area contributed by atoms with Crippen LogP contribution in [0.25, 0.3) is 0 Å². The molecule has 0 radical (unpaired) electrons. The molecule has 1 aliphatic rings. The summed E-state index contributed by atoms with van der Waals surface area (Å²) >= 11 is 0. The van der Waals surface area contributed by atoms with Gasteiger partial charge in [-0.1, -0.05) is 0 Å². The van der Waals surface area contributed by atoms with Gasteiger partial charge in [0.1, 0.15) is 17.0 Å². The van der Waals surface area contributed by atoms with Crippen molar-refractivity contribution in [2.75, 3.05) is 5.32 Å². The second-order valence-corrected chi connectivity index (χ2v) is 8.71. The van der Waals surface area contributed by atoms with Gasteiger partial charge in [0.25, 0.3) is 5.91 Å². The highest BCUT2D eigenvalue weighted by molar-refractivity contribution is 5.98. The van der Waals surface area contributed by atoms with E-state index in [9.17, 15) is 19.2 Å². The summed E-state index contributed by atoms with van der Waals surface area (Å²) in [6.45, 7) is 5.43. The Kier molecular flexibility index (Phi) is 6.29. The number of hydrogen-bond donors (Lipinski definition) is 2. The molecule has 8 nitrogen and oxygen atoms in total. The quantitative estimate of drug-likeness (QED) is 0.702. The van der Waals surface area contributed by atoms with E-state index in [1.165, 1.54) is 30.5 Å². The predicted molar refractivity (Wildman–Crippen MR) is 112 cm³/mol. The van der Waals surface area contributed by atoms with E-state index in [1.54, 1.807) is 4.68 Å². The van der Waals surface area contributed by atoms with Gasteiger partial charge in [-0.15, -0.1) is 0 Å². The van der Waals surface area contributed by atoms with Crippen molar-refractivity contribution in [3.8, 4) is 6.07 Å². The standard InChI is InChI=1S/C22H26FN5O3/c1-22(2,3)31-21(30)13-4-9-18(14(10-13)11-24)28-12-17(19(25)29)20(27-28)26-16-7-5-15(23)6-8-16/h5-8,12-14,18H,4,9-10H2,1-3H3,(H2,25,29)(H,26,27)/t13-,14+,18-/m0/s1. The molecule has 3 N–H and O–H groups in total. The second kappa shape index (κ2) is 8.76. The van der Waals surface area contributed by atoms with Crippen LogP contribution in [0, 0.1) is 29.0 Å². The molecule has 1 fully saturated rings. The number of carbonyl (C=O) groups excluding carboxylic acids is 2. The molecular weight excluding hydrogens is 401 g/mol. The summed E-state index contributed by atoms with van der Waals surface area (Å²) in [6, 6.07) is 7.56. The molecule has 1 aromatic carbocycles. The summed E-state index contributed by atoms with van der Waals surface area (Å²) < 4.78 is 20.2. The van der Waals surface area contributed by atoms with Crippen LogP contribution < -0.4 is 11.1 Å². The van der Waals surface area contributed by atoms with E-state index in [4.69, 9.17) is 10.5 Å². The fourth-order valence-corrected chi connectivity index (χ4v) is 3.71. The Bertz CT molecular complexity index is 1000. The topological polar surface area (TPSA) is 123 Å². The highest BCUT2D eigenvalue weighted by atomic mass is 19.1. The summed E-state index contributed by atoms with van der Waals surface area (Å²) in [5.41, 5.74) is 5.62. The number of amides is 1. The number of nitrogens with one attached hydrogen (secondary N) is 1. The lowest BCUT2D eigenvalue weighted by molar-refractivity contribution is -0.161. The van der Waals surface area contributed by atoms with Crippen molar-refractivity contribution >= 4 is 23.4 Å². The number of primary amides is 1. The van der Waals surface area contributed by atoms with Gasteiger partial charge >= 0.3 is 5.97 Å². The molecule has 3 atom stereocenters. The number of ether oxygens (including phenoxy) is 1. The van der Waals surface area contributed by atoms with E-state index in [0.29, 0.717) is 24.9 Å². The number of anilines is 2. The predicted octanol–water partition coefficient (Wildman–Crippen LogP) is 3.69. The summed E-state index contributed by atoms with van der Waals surface area (Å²) in [5, 5.41) is 17.1. The molecule has 0 bridgehead atoms. The van der Waals surface area contributed by atoms with Gasteiger partial charge in [-0.05, 0) is 64.3 Å². The average molecular weight is 427 g/mol. The van der Waals surface area contributed by atoms with E-state index in [1.807, 2.05) is 20.8 Å². The van der Waals surface area contributed by atoms with Gasteiger partial charge in [0.15, 0.2) is 5.82 Å². The minimum absolute atomic E-state index is 0.162. The van der Waals surface area contributed by atoms with Crippen LogP contribution >= 0.6 is 0 Å². The maximum atomic E-state index is 13.2. The Morgan fingerprint density at radius 1 is 1.29 bits per heavy atom. The largest absolute Gasteiger partial charge is 0.460 e. The number of halogens is 1. The van der Waals surface area contributed by atoms with Gasteiger partial charge < -0.3 is 15.8 Å². The molecule has 2 aromatic rings. The maximum Gasteiger partial charge on any atom is 0.309 e. The van der Waals surface area contributed by atoms with Crippen LogP contribution in [0.4, 0.5) is 15.9 Å². The van der Waals surface area contributed by atoms with E-state index >= 15 is 0 Å². The normalized spacial score (nSPS) is 21.2. The zero-order valence-corrected chi connectivity index (χ0v) is 17.8. The maximum absolute atomic E-state index is 13.2. The van der Waals surface area contributed by atoms with Crippen LogP contribution in [0.2, 0.25) is 0 Å². The van der Waals surface area contributed by atoms with E-state index in [-0.39, 0.29) is 35.1 Å². The lowest BCUT2D eigenvalue weighted by Gasteiger charge is -2.33. The minimum atomic E-state index is -0.674. The summed E-state index contributed by atoms with van der Waals surface area (Å²) in [4.78, 5) is 24.4. The average Bonchev–Trinajstić information content (AvgIpc) is 3.12. The number of esters is 1. The van der Waals surface area contributed by atoms with Gasteiger partial charge in [0.2, 0.25) is 0 Å². The highest BCUT2D eigenvalue weighted by Gasteiger charge is 2.38.